The molecule has 0 spiro atoms. The number of carboxylic acid groups (broad SMARTS) is 1. The number of allylic oxidation sites excluding steroid dienone is 1. The van der Waals surface area contributed by atoms with Crippen molar-refractivity contribution in [1.29, 1.82) is 0 Å². The molecule has 0 aliphatic carbocycles. The third kappa shape index (κ3) is 4.55. The van der Waals surface area contributed by atoms with Crippen LogP contribution in [0.2, 0.25) is 0 Å². The monoisotopic (exact) mass is 218 g/mol. The molecule has 0 bridgehead atoms. The molecular weight excluding hydrogens is 204 g/mol. The number of hydrogen-bond donors (Lipinski definition) is 1. The van der Waals surface area contributed by atoms with Crippen LogP contribution < -0.4 is 0 Å². The van der Waals surface area contributed by atoms with Crippen LogP contribution in [-0.4, -0.2) is 16.9 Å². The molecule has 0 atom stereocenters. The Kier molecular flexibility index (Phi) is 4.45. The van der Waals surface area contributed by atoms with Crippen LogP contribution in [0.4, 0.5) is 0 Å². The highest BCUT2D eigenvalue weighted by Crippen LogP contribution is 2.05. The highest BCUT2D eigenvalue weighted by atomic mass is 16.4. The van der Waals surface area contributed by atoms with E-state index in [4.69, 9.17) is 5.11 Å². The molecule has 0 saturated carbocycles. The van der Waals surface area contributed by atoms with Gasteiger partial charge >= 0.3 is 5.97 Å². The van der Waals surface area contributed by atoms with E-state index < -0.39 is 5.97 Å². The molecule has 0 radical (unpaired) electrons. The summed E-state index contributed by atoms with van der Waals surface area (Å²) in [6.07, 6.45) is 3.06. The zero-order chi connectivity index (χ0) is 12.0. The van der Waals surface area contributed by atoms with Gasteiger partial charge in [-0.3, -0.25) is 9.59 Å². The first kappa shape index (κ1) is 12.2. The molecule has 1 N–H and O–H groups in total. The molecule has 16 heavy (non-hydrogen) atoms. The molecule has 0 aliphatic rings. The molecule has 0 unspecified atom stereocenters. The molecule has 1 rings (SSSR count). The number of aryl methyl sites for hydroxylation is 1. The van der Waals surface area contributed by atoms with E-state index in [1.54, 1.807) is 6.08 Å². The van der Waals surface area contributed by atoms with Crippen molar-refractivity contribution in [2.45, 2.75) is 19.8 Å². The predicted octanol–water partition coefficient (Wildman–Crippen LogP) is 2.44. The van der Waals surface area contributed by atoms with E-state index in [-0.39, 0.29) is 18.6 Å². The van der Waals surface area contributed by atoms with E-state index in [1.807, 2.05) is 31.2 Å². The van der Waals surface area contributed by atoms with Crippen molar-refractivity contribution in [3.8, 4) is 0 Å². The van der Waals surface area contributed by atoms with Crippen molar-refractivity contribution in [3.05, 3.63) is 41.5 Å². The highest BCUT2D eigenvalue weighted by Gasteiger charge is 2.01. The third-order valence-electron chi connectivity index (χ3n) is 2.12. The molecule has 1 aromatic carbocycles. The summed E-state index contributed by atoms with van der Waals surface area (Å²) in [5.74, 6) is -1.11. The lowest BCUT2D eigenvalue weighted by atomic mass is 10.1. The Balaban J connectivity index is 2.50. The maximum atomic E-state index is 11.2. The molecule has 3 nitrogen and oxygen atoms in total. The summed E-state index contributed by atoms with van der Waals surface area (Å²) in [7, 11) is 0. The van der Waals surface area contributed by atoms with E-state index in [0.29, 0.717) is 0 Å². The first-order valence-corrected chi connectivity index (χ1v) is 5.07. The second-order valence-electron chi connectivity index (χ2n) is 3.60. The minimum Gasteiger partial charge on any atom is -0.481 e. The van der Waals surface area contributed by atoms with Gasteiger partial charge in [-0.25, -0.2) is 0 Å². The maximum absolute atomic E-state index is 11.2. The quantitative estimate of drug-likeness (QED) is 0.772. The summed E-state index contributed by atoms with van der Waals surface area (Å²) in [6, 6.07) is 7.75. The molecule has 84 valence electrons. The smallest absolute Gasteiger partial charge is 0.303 e. The summed E-state index contributed by atoms with van der Waals surface area (Å²) in [5, 5.41) is 8.40. The number of aliphatic carboxylic acids is 1. The average Bonchev–Trinajstić information content (AvgIpc) is 2.25. The average molecular weight is 218 g/mol. The van der Waals surface area contributed by atoms with E-state index in [2.05, 4.69) is 0 Å². The first-order valence-electron chi connectivity index (χ1n) is 5.07. The third-order valence-corrected chi connectivity index (χ3v) is 2.12. The van der Waals surface area contributed by atoms with Gasteiger partial charge in [0.25, 0.3) is 0 Å². The molecule has 0 fully saturated rings. The second-order valence-corrected chi connectivity index (χ2v) is 3.60. The van der Waals surface area contributed by atoms with Crippen LogP contribution in [0.5, 0.6) is 0 Å². The Labute approximate surface area is 94.4 Å². The van der Waals surface area contributed by atoms with Gasteiger partial charge in [-0.05, 0) is 18.6 Å². The van der Waals surface area contributed by atoms with Crippen molar-refractivity contribution in [2.24, 2.45) is 0 Å². The van der Waals surface area contributed by atoms with Gasteiger partial charge in [0.05, 0.1) is 6.42 Å². The van der Waals surface area contributed by atoms with Gasteiger partial charge in [0, 0.05) is 6.42 Å². The van der Waals surface area contributed by atoms with Gasteiger partial charge in [-0.15, -0.1) is 0 Å². The molecular formula is C13H14O3. The second kappa shape index (κ2) is 5.85. The zero-order valence-electron chi connectivity index (χ0n) is 9.14. The lowest BCUT2D eigenvalue weighted by Gasteiger charge is -1.94. The molecule has 0 aromatic heterocycles. The Bertz CT molecular complexity index is 402. The van der Waals surface area contributed by atoms with Crippen molar-refractivity contribution < 1.29 is 14.7 Å². The summed E-state index contributed by atoms with van der Waals surface area (Å²) in [4.78, 5) is 21.5. The molecule has 0 heterocycles. The Morgan fingerprint density at radius 1 is 1.19 bits per heavy atom. The van der Waals surface area contributed by atoms with Gasteiger partial charge in [0.2, 0.25) is 0 Å². The van der Waals surface area contributed by atoms with Crippen molar-refractivity contribution in [3.63, 3.8) is 0 Å². The van der Waals surface area contributed by atoms with Crippen LogP contribution in [0.25, 0.3) is 6.08 Å². The van der Waals surface area contributed by atoms with Gasteiger partial charge in [-0.2, -0.15) is 0 Å². The first-order chi connectivity index (χ1) is 7.58. The van der Waals surface area contributed by atoms with Gasteiger partial charge in [0.1, 0.15) is 0 Å². The van der Waals surface area contributed by atoms with E-state index in [1.165, 1.54) is 6.08 Å². The van der Waals surface area contributed by atoms with Gasteiger partial charge in [-0.1, -0.05) is 35.9 Å². The van der Waals surface area contributed by atoms with Crippen molar-refractivity contribution in [2.75, 3.05) is 0 Å². The van der Waals surface area contributed by atoms with Gasteiger partial charge < -0.3 is 5.11 Å². The van der Waals surface area contributed by atoms with E-state index in [9.17, 15) is 9.59 Å². The largest absolute Gasteiger partial charge is 0.481 e. The van der Waals surface area contributed by atoms with Crippen LogP contribution in [-0.2, 0) is 9.59 Å². The summed E-state index contributed by atoms with van der Waals surface area (Å²) >= 11 is 0. The topological polar surface area (TPSA) is 54.4 Å². The minimum atomic E-state index is -0.947. The lowest BCUT2D eigenvalue weighted by molar-refractivity contribution is -0.138. The van der Waals surface area contributed by atoms with Crippen LogP contribution in [0.15, 0.2) is 30.3 Å². The molecule has 0 saturated heterocycles. The fourth-order valence-electron chi connectivity index (χ4n) is 1.18. The normalized spacial score (nSPS) is 10.6. The number of rotatable bonds is 5. The summed E-state index contributed by atoms with van der Waals surface area (Å²) in [6.45, 7) is 1.99. The number of hydrogen-bond acceptors (Lipinski definition) is 2. The van der Waals surface area contributed by atoms with Gasteiger partial charge in [0.15, 0.2) is 5.78 Å². The van der Waals surface area contributed by atoms with Crippen molar-refractivity contribution >= 4 is 17.8 Å². The number of ketones is 1. The standard InChI is InChI=1S/C13H14O3/c1-10-2-4-11(5-3-10)6-7-12(14)8-9-13(15)16/h2-7H,8-9H2,1H3,(H,15,16). The Morgan fingerprint density at radius 3 is 2.38 bits per heavy atom. The van der Waals surface area contributed by atoms with Crippen LogP contribution in [0, 0.1) is 6.92 Å². The summed E-state index contributed by atoms with van der Waals surface area (Å²) in [5.41, 5.74) is 2.10. The molecule has 0 aliphatic heterocycles. The number of carbonyl (C=O) groups is 2. The zero-order valence-corrected chi connectivity index (χ0v) is 9.14. The number of carboxylic acids is 1. The van der Waals surface area contributed by atoms with Crippen LogP contribution in [0.1, 0.15) is 24.0 Å². The summed E-state index contributed by atoms with van der Waals surface area (Å²) < 4.78 is 0. The maximum Gasteiger partial charge on any atom is 0.303 e. The fraction of sp³-hybridized carbons (Fsp3) is 0.231. The van der Waals surface area contributed by atoms with Crippen LogP contribution in [0.3, 0.4) is 0 Å². The molecule has 0 amide bonds. The van der Waals surface area contributed by atoms with Crippen LogP contribution >= 0.6 is 0 Å². The fourth-order valence-corrected chi connectivity index (χ4v) is 1.18. The SMILES string of the molecule is Cc1ccc(C=CC(=O)CCC(=O)O)cc1. The Morgan fingerprint density at radius 2 is 1.81 bits per heavy atom. The minimum absolute atomic E-state index is 0.0533. The lowest BCUT2D eigenvalue weighted by Crippen LogP contribution is -1.99. The number of carbonyl (C=O) groups excluding carboxylic acids is 1. The van der Waals surface area contributed by atoms with Crippen molar-refractivity contribution in [1.82, 2.24) is 0 Å². The molecule has 1 aromatic rings. The molecule has 3 heteroatoms. The predicted molar refractivity (Wildman–Crippen MR) is 62.1 cm³/mol. The number of benzene rings is 1. The highest BCUT2D eigenvalue weighted by molar-refractivity contribution is 5.95. The van der Waals surface area contributed by atoms with E-state index >= 15 is 0 Å². The van der Waals surface area contributed by atoms with E-state index in [0.717, 1.165) is 11.1 Å². The Hall–Kier alpha value is -1.90.